The summed E-state index contributed by atoms with van der Waals surface area (Å²) >= 11 is 0. The normalized spacial score (nSPS) is 12.2. The van der Waals surface area contributed by atoms with Gasteiger partial charge in [0.15, 0.2) is 0 Å². The van der Waals surface area contributed by atoms with Crippen LogP contribution in [0.4, 0.5) is 0 Å². The molecule has 0 radical (unpaired) electrons. The summed E-state index contributed by atoms with van der Waals surface area (Å²) in [7, 11) is 2.84. The first-order valence-electron chi connectivity index (χ1n) is 9.32. The third-order valence-electron chi connectivity index (χ3n) is 5.30. The Hall–Kier alpha value is -3.87. The first-order valence-corrected chi connectivity index (χ1v) is 9.32. The number of fused-ring (bicyclic) bond motifs is 2. The SMILES string of the molecule is COC(=O)C[C@H](c1c(O)c2ccccc2oc1=O)c1cc2ccccc2n(C)c1=O. The van der Waals surface area contributed by atoms with Crippen LogP contribution >= 0.6 is 0 Å². The highest BCUT2D eigenvalue weighted by Crippen LogP contribution is 2.35. The Morgan fingerprint density at radius 3 is 2.60 bits per heavy atom. The topological polar surface area (TPSA) is 98.7 Å². The van der Waals surface area contributed by atoms with Crippen molar-refractivity contribution in [3.63, 3.8) is 0 Å². The molecule has 30 heavy (non-hydrogen) atoms. The van der Waals surface area contributed by atoms with E-state index in [9.17, 15) is 19.5 Å². The molecule has 1 N–H and O–H groups in total. The Balaban J connectivity index is 2.04. The summed E-state index contributed by atoms with van der Waals surface area (Å²) in [6, 6.07) is 15.4. The van der Waals surface area contributed by atoms with E-state index in [0.717, 1.165) is 5.39 Å². The molecule has 2 aromatic carbocycles. The summed E-state index contributed by atoms with van der Waals surface area (Å²) in [5.74, 6) is -1.98. The van der Waals surface area contributed by atoms with Crippen molar-refractivity contribution in [2.24, 2.45) is 7.05 Å². The molecule has 0 saturated heterocycles. The monoisotopic (exact) mass is 405 g/mol. The third-order valence-corrected chi connectivity index (χ3v) is 5.30. The number of esters is 1. The number of rotatable bonds is 4. The predicted octanol–water partition coefficient (Wildman–Crippen LogP) is 3.05. The van der Waals surface area contributed by atoms with E-state index >= 15 is 0 Å². The average molecular weight is 405 g/mol. The third kappa shape index (κ3) is 3.14. The highest BCUT2D eigenvalue weighted by atomic mass is 16.5. The van der Waals surface area contributed by atoms with Gasteiger partial charge < -0.3 is 18.8 Å². The number of ether oxygens (including phenoxy) is 1. The summed E-state index contributed by atoms with van der Waals surface area (Å²) < 4.78 is 11.6. The van der Waals surface area contributed by atoms with Crippen LogP contribution in [0.5, 0.6) is 5.75 Å². The van der Waals surface area contributed by atoms with E-state index < -0.39 is 17.5 Å². The van der Waals surface area contributed by atoms with Crippen molar-refractivity contribution < 1.29 is 19.1 Å². The average Bonchev–Trinajstić information content (AvgIpc) is 2.75. The quantitative estimate of drug-likeness (QED) is 0.414. The number of hydrogen-bond donors (Lipinski definition) is 1. The molecule has 4 aromatic rings. The van der Waals surface area contributed by atoms with E-state index in [4.69, 9.17) is 9.15 Å². The van der Waals surface area contributed by atoms with Gasteiger partial charge in [-0.2, -0.15) is 0 Å². The Kier molecular flexibility index (Phi) is 4.87. The molecule has 0 amide bonds. The minimum atomic E-state index is -1.04. The number of para-hydroxylation sites is 2. The fourth-order valence-corrected chi connectivity index (χ4v) is 3.77. The molecular formula is C23H19NO6. The van der Waals surface area contributed by atoms with Crippen LogP contribution in [-0.2, 0) is 16.6 Å². The van der Waals surface area contributed by atoms with Crippen molar-refractivity contribution in [3.05, 3.63) is 86.5 Å². The molecule has 0 aliphatic heterocycles. The summed E-state index contributed by atoms with van der Waals surface area (Å²) in [5.41, 5.74) is -0.222. The molecule has 2 aromatic heterocycles. The van der Waals surface area contributed by atoms with Crippen molar-refractivity contribution in [1.29, 1.82) is 0 Å². The second kappa shape index (κ2) is 7.51. The van der Waals surface area contributed by atoms with E-state index in [-0.39, 0.29) is 34.4 Å². The molecule has 0 aliphatic carbocycles. The number of nitrogens with zero attached hydrogens (tertiary/aromatic N) is 1. The number of carbonyl (C=O) groups excluding carboxylic acids is 1. The zero-order valence-corrected chi connectivity index (χ0v) is 16.4. The van der Waals surface area contributed by atoms with Gasteiger partial charge in [-0.25, -0.2) is 4.79 Å². The molecule has 0 unspecified atom stereocenters. The maximum Gasteiger partial charge on any atom is 0.343 e. The number of pyridine rings is 1. The fraction of sp³-hybridized carbons (Fsp3) is 0.174. The fourth-order valence-electron chi connectivity index (χ4n) is 3.77. The number of methoxy groups -OCH3 is 1. The lowest BCUT2D eigenvalue weighted by molar-refractivity contribution is -0.140. The maximum atomic E-state index is 13.2. The van der Waals surface area contributed by atoms with Crippen molar-refractivity contribution in [1.82, 2.24) is 4.57 Å². The second-order valence-electron chi connectivity index (χ2n) is 7.00. The van der Waals surface area contributed by atoms with E-state index in [2.05, 4.69) is 0 Å². The van der Waals surface area contributed by atoms with Crippen molar-refractivity contribution in [3.8, 4) is 5.75 Å². The molecular weight excluding hydrogens is 386 g/mol. The lowest BCUT2D eigenvalue weighted by Crippen LogP contribution is -2.27. The van der Waals surface area contributed by atoms with Crippen molar-refractivity contribution in [2.45, 2.75) is 12.3 Å². The number of hydrogen-bond acceptors (Lipinski definition) is 6. The van der Waals surface area contributed by atoms with Gasteiger partial charge in [-0.3, -0.25) is 9.59 Å². The zero-order chi connectivity index (χ0) is 21.4. The molecule has 0 saturated carbocycles. The maximum absolute atomic E-state index is 13.2. The van der Waals surface area contributed by atoms with E-state index in [0.29, 0.717) is 10.9 Å². The van der Waals surface area contributed by atoms with Crippen LogP contribution in [0.1, 0.15) is 23.5 Å². The minimum absolute atomic E-state index is 0.147. The van der Waals surface area contributed by atoms with Crippen molar-refractivity contribution >= 4 is 27.8 Å². The first kappa shape index (κ1) is 19.4. The van der Waals surface area contributed by atoms with Gasteiger partial charge in [0, 0.05) is 18.5 Å². The lowest BCUT2D eigenvalue weighted by atomic mass is 9.88. The molecule has 1 atom stereocenters. The molecule has 0 spiro atoms. The van der Waals surface area contributed by atoms with Gasteiger partial charge in [-0.05, 0) is 29.7 Å². The highest BCUT2D eigenvalue weighted by Gasteiger charge is 2.30. The predicted molar refractivity (Wildman–Crippen MR) is 112 cm³/mol. The smallest absolute Gasteiger partial charge is 0.343 e. The Bertz CT molecular complexity index is 1400. The highest BCUT2D eigenvalue weighted by molar-refractivity contribution is 5.85. The van der Waals surface area contributed by atoms with E-state index in [1.165, 1.54) is 11.7 Å². The first-order chi connectivity index (χ1) is 14.4. The second-order valence-corrected chi connectivity index (χ2v) is 7.00. The number of benzene rings is 2. The molecule has 4 rings (SSSR count). The molecule has 0 fully saturated rings. The molecule has 7 nitrogen and oxygen atoms in total. The van der Waals surface area contributed by atoms with Gasteiger partial charge >= 0.3 is 11.6 Å². The van der Waals surface area contributed by atoms with Crippen LogP contribution in [-0.4, -0.2) is 22.8 Å². The molecule has 7 heteroatoms. The van der Waals surface area contributed by atoms with Gasteiger partial charge in [-0.1, -0.05) is 30.3 Å². The number of carbonyl (C=O) groups is 1. The van der Waals surface area contributed by atoms with Crippen LogP contribution in [0, 0.1) is 0 Å². The standard InChI is InChI=1S/C23H19NO6/c1-24-17-9-5-3-7-13(17)11-16(22(24)27)15(12-19(25)29-2)20-21(26)14-8-4-6-10-18(14)30-23(20)28/h3-11,15,26H,12H2,1-2H3/t15-/m0/s1. The minimum Gasteiger partial charge on any atom is -0.507 e. The Labute approximate surface area is 170 Å². The molecule has 152 valence electrons. The van der Waals surface area contributed by atoms with Crippen LogP contribution < -0.4 is 11.2 Å². The summed E-state index contributed by atoms with van der Waals surface area (Å²) in [6.45, 7) is 0. The summed E-state index contributed by atoms with van der Waals surface area (Å²) in [6.07, 6.45) is -0.305. The molecule has 2 heterocycles. The number of aromatic nitrogens is 1. The van der Waals surface area contributed by atoms with Gasteiger partial charge in [0.1, 0.15) is 11.3 Å². The number of aryl methyl sites for hydroxylation is 1. The Morgan fingerprint density at radius 1 is 1.13 bits per heavy atom. The van der Waals surface area contributed by atoms with Crippen molar-refractivity contribution in [2.75, 3.05) is 7.11 Å². The summed E-state index contributed by atoms with van der Waals surface area (Å²) in [4.78, 5) is 38.1. The van der Waals surface area contributed by atoms with Crippen LogP contribution in [0.2, 0.25) is 0 Å². The van der Waals surface area contributed by atoms with Crippen LogP contribution in [0.3, 0.4) is 0 Å². The zero-order valence-electron chi connectivity index (χ0n) is 16.4. The molecule has 0 aliphatic rings. The van der Waals surface area contributed by atoms with Gasteiger partial charge in [-0.15, -0.1) is 0 Å². The van der Waals surface area contributed by atoms with E-state index in [1.54, 1.807) is 43.4 Å². The largest absolute Gasteiger partial charge is 0.507 e. The number of aromatic hydroxyl groups is 1. The summed E-state index contributed by atoms with van der Waals surface area (Å²) in [5, 5.41) is 12.0. The van der Waals surface area contributed by atoms with Gasteiger partial charge in [0.25, 0.3) is 5.56 Å². The van der Waals surface area contributed by atoms with Gasteiger partial charge in [0.05, 0.1) is 30.0 Å². The van der Waals surface area contributed by atoms with E-state index in [1.807, 2.05) is 18.2 Å². The van der Waals surface area contributed by atoms with Gasteiger partial charge in [0.2, 0.25) is 0 Å². The van der Waals surface area contributed by atoms with Crippen LogP contribution in [0.25, 0.3) is 21.9 Å². The van der Waals surface area contributed by atoms with Crippen LogP contribution in [0.15, 0.2) is 68.6 Å². The molecule has 0 bridgehead atoms. The Morgan fingerprint density at radius 2 is 1.83 bits per heavy atom. The lowest BCUT2D eigenvalue weighted by Gasteiger charge is -2.18.